The smallest absolute Gasteiger partial charge is 0.257 e. The van der Waals surface area contributed by atoms with Crippen molar-refractivity contribution in [3.05, 3.63) is 153 Å². The lowest BCUT2D eigenvalue weighted by Gasteiger charge is -2.39. The molecule has 2 N–H and O–H groups in total. The molecule has 0 unspecified atom stereocenters. The average Bonchev–Trinajstić information content (AvgIpc) is 3.23. The van der Waals surface area contributed by atoms with Crippen molar-refractivity contribution in [2.75, 3.05) is 27.3 Å². The van der Waals surface area contributed by atoms with E-state index in [1.54, 1.807) is 38.5 Å². The van der Waals surface area contributed by atoms with Crippen LogP contribution in [0.15, 0.2) is 84.9 Å². The van der Waals surface area contributed by atoms with E-state index in [2.05, 4.69) is 10.2 Å². The Morgan fingerprint density at radius 2 is 1.43 bits per heavy atom. The molecule has 56 heavy (non-hydrogen) atoms. The summed E-state index contributed by atoms with van der Waals surface area (Å²) >= 11 is 0. The summed E-state index contributed by atoms with van der Waals surface area (Å²) in [4.78, 5) is 15.0. The molecule has 2 aliphatic rings. The minimum Gasteiger partial charge on any atom is -0.493 e. The van der Waals surface area contributed by atoms with E-state index in [-0.39, 0.29) is 25.4 Å². The number of aliphatic hydroxyl groups excluding tert-OH is 1. The number of rotatable bonds is 11. The minimum absolute atomic E-state index is 0.0690. The first-order valence-corrected chi connectivity index (χ1v) is 18.0. The molecular formula is C43H39F5N2O6. The third-order valence-electron chi connectivity index (χ3n) is 10.3. The molecule has 2 aliphatic heterocycles. The van der Waals surface area contributed by atoms with Gasteiger partial charge in [0.05, 0.1) is 33.0 Å². The van der Waals surface area contributed by atoms with Gasteiger partial charge in [0.15, 0.2) is 41.1 Å². The molecule has 13 heteroatoms. The summed E-state index contributed by atoms with van der Waals surface area (Å²) in [6.45, 7) is 1.87. The van der Waals surface area contributed by atoms with Crippen LogP contribution in [0.3, 0.4) is 0 Å². The van der Waals surface area contributed by atoms with Gasteiger partial charge in [0.2, 0.25) is 5.82 Å². The minimum atomic E-state index is -2.34. The van der Waals surface area contributed by atoms with E-state index < -0.39 is 46.8 Å². The van der Waals surface area contributed by atoms with Gasteiger partial charge in [0.25, 0.3) is 5.91 Å². The van der Waals surface area contributed by atoms with Crippen molar-refractivity contribution in [1.29, 1.82) is 0 Å². The Kier molecular flexibility index (Phi) is 11.7. The molecule has 5 aromatic carbocycles. The Hall–Kier alpha value is -5.34. The number of aliphatic hydroxyl groups is 1. The van der Waals surface area contributed by atoms with Gasteiger partial charge in [-0.25, -0.2) is 22.0 Å². The fourth-order valence-corrected chi connectivity index (χ4v) is 7.26. The van der Waals surface area contributed by atoms with E-state index in [9.17, 15) is 31.9 Å². The molecule has 1 amide bonds. The van der Waals surface area contributed by atoms with Crippen LogP contribution in [0, 0.1) is 29.1 Å². The van der Waals surface area contributed by atoms with Gasteiger partial charge in [-0.2, -0.15) is 0 Å². The predicted octanol–water partition coefficient (Wildman–Crippen LogP) is 8.09. The van der Waals surface area contributed by atoms with Crippen LogP contribution in [-0.2, 0) is 35.6 Å². The fraction of sp³-hybridized carbons (Fsp3) is 0.279. The molecule has 1 saturated heterocycles. The number of ether oxygens (including phenoxy) is 4. The van der Waals surface area contributed by atoms with Gasteiger partial charge in [-0.1, -0.05) is 72.8 Å². The molecule has 0 spiro atoms. The Labute approximate surface area is 320 Å². The first-order chi connectivity index (χ1) is 27.1. The monoisotopic (exact) mass is 774 g/mol. The number of fused-ring (bicyclic) bond motifs is 1. The zero-order valence-electron chi connectivity index (χ0n) is 30.6. The molecule has 2 heterocycles. The normalized spacial score (nSPS) is 18.3. The number of hydrogen-bond acceptors (Lipinski definition) is 7. The maximum atomic E-state index is 14.3. The lowest BCUT2D eigenvalue weighted by molar-refractivity contribution is -0.253. The Balaban J connectivity index is 1.09. The third-order valence-corrected chi connectivity index (χ3v) is 10.3. The first kappa shape index (κ1) is 38.9. The summed E-state index contributed by atoms with van der Waals surface area (Å²) in [6, 6.07) is 26.1. The van der Waals surface area contributed by atoms with Crippen molar-refractivity contribution in [2.45, 2.75) is 51.0 Å². The molecule has 0 aromatic heterocycles. The number of methoxy groups -OCH3 is 2. The van der Waals surface area contributed by atoms with E-state index in [0.29, 0.717) is 42.1 Å². The van der Waals surface area contributed by atoms with E-state index in [1.165, 1.54) is 11.1 Å². The summed E-state index contributed by atoms with van der Waals surface area (Å²) in [7, 11) is 3.25. The van der Waals surface area contributed by atoms with Gasteiger partial charge in [0, 0.05) is 38.2 Å². The highest BCUT2D eigenvalue weighted by molar-refractivity contribution is 5.95. The quantitative estimate of drug-likeness (QED) is 0.0797. The summed E-state index contributed by atoms with van der Waals surface area (Å²) < 4.78 is 93.9. The van der Waals surface area contributed by atoms with Crippen LogP contribution in [-0.4, -0.2) is 49.3 Å². The third kappa shape index (κ3) is 7.98. The van der Waals surface area contributed by atoms with Crippen molar-refractivity contribution >= 4 is 5.91 Å². The standard InChI is InChI=1S/C43H39F5N2O6/c1-53-34-17-28-15-16-50(21-30(28)18-35(34)54-2)22-31-19-33(26-9-7-24(23-51)8-10-26)56-43(55-31)27-13-11-25(12-14-27)32-6-4-3-5-29(32)20-49-42(52)36-37(44)39(46)41(48)40(47)38(36)45/h3-14,17-18,31,33,43,51H,15-16,19-23H2,1-2H3,(H,49,52)/t31-,33+,43+/m0/s1. The molecule has 5 aromatic rings. The highest BCUT2D eigenvalue weighted by Gasteiger charge is 2.34. The van der Waals surface area contributed by atoms with Crippen molar-refractivity contribution in [3.63, 3.8) is 0 Å². The number of carbonyl (C=O) groups excluding carboxylic acids is 1. The van der Waals surface area contributed by atoms with Gasteiger partial charge < -0.3 is 29.4 Å². The number of benzene rings is 5. The van der Waals surface area contributed by atoms with Gasteiger partial charge in [0.1, 0.15) is 5.56 Å². The number of nitrogens with one attached hydrogen (secondary N) is 1. The Morgan fingerprint density at radius 3 is 2.09 bits per heavy atom. The lowest BCUT2D eigenvalue weighted by Crippen LogP contribution is -2.41. The SMILES string of the molecule is COc1cc2c(cc1OC)CN(C[C@@H]1C[C@H](c3ccc(CO)cc3)O[C@H](c3ccc(-c4ccccc4CNC(=O)c4c(F)c(F)c(F)c(F)c4F)cc3)O1)CC2. The lowest BCUT2D eigenvalue weighted by atomic mass is 9.96. The highest BCUT2D eigenvalue weighted by Crippen LogP contribution is 2.40. The molecule has 7 rings (SSSR count). The zero-order valence-corrected chi connectivity index (χ0v) is 30.6. The largest absolute Gasteiger partial charge is 0.493 e. The van der Waals surface area contributed by atoms with E-state index in [4.69, 9.17) is 18.9 Å². The molecule has 0 aliphatic carbocycles. The maximum absolute atomic E-state index is 14.3. The molecule has 0 bridgehead atoms. The van der Waals surface area contributed by atoms with Crippen LogP contribution >= 0.6 is 0 Å². The van der Waals surface area contributed by atoms with Crippen molar-refractivity contribution in [3.8, 4) is 22.6 Å². The van der Waals surface area contributed by atoms with Crippen LogP contribution < -0.4 is 14.8 Å². The number of hydrogen-bond donors (Lipinski definition) is 2. The van der Waals surface area contributed by atoms with Gasteiger partial charge in [-0.05, 0) is 57.5 Å². The summed E-state index contributed by atoms with van der Waals surface area (Å²) in [5, 5.41) is 11.9. The van der Waals surface area contributed by atoms with Gasteiger partial charge >= 0.3 is 0 Å². The van der Waals surface area contributed by atoms with Crippen molar-refractivity contribution in [1.82, 2.24) is 10.2 Å². The summed E-state index contributed by atoms with van der Waals surface area (Å²) in [6.07, 6.45) is 0.238. The first-order valence-electron chi connectivity index (χ1n) is 18.0. The highest BCUT2D eigenvalue weighted by atomic mass is 19.2. The summed E-state index contributed by atoms with van der Waals surface area (Å²) in [5.74, 6) is -11.2. The van der Waals surface area contributed by atoms with Crippen LogP contribution in [0.1, 0.15) is 62.6 Å². The topological polar surface area (TPSA) is 89.5 Å². The van der Waals surface area contributed by atoms with Crippen molar-refractivity contribution < 1.29 is 50.8 Å². The second-order valence-electron chi connectivity index (χ2n) is 13.7. The molecule has 0 radical (unpaired) electrons. The second kappa shape index (κ2) is 16.8. The summed E-state index contributed by atoms with van der Waals surface area (Å²) in [5.41, 5.74) is 5.28. The Morgan fingerprint density at radius 1 is 0.804 bits per heavy atom. The van der Waals surface area contributed by atoms with E-state index >= 15 is 0 Å². The molecule has 8 nitrogen and oxygen atoms in total. The van der Waals surface area contributed by atoms with Gasteiger partial charge in [-0.3, -0.25) is 9.69 Å². The van der Waals surface area contributed by atoms with E-state index in [0.717, 1.165) is 35.2 Å². The molecule has 1 fully saturated rings. The molecule has 3 atom stereocenters. The van der Waals surface area contributed by atoms with Crippen LogP contribution in [0.4, 0.5) is 22.0 Å². The number of nitrogens with zero attached hydrogens (tertiary/aromatic N) is 1. The number of amides is 1. The van der Waals surface area contributed by atoms with Crippen LogP contribution in [0.25, 0.3) is 11.1 Å². The predicted molar refractivity (Wildman–Crippen MR) is 196 cm³/mol. The van der Waals surface area contributed by atoms with Crippen molar-refractivity contribution in [2.24, 2.45) is 0 Å². The van der Waals surface area contributed by atoms with Crippen LogP contribution in [0.2, 0.25) is 0 Å². The fourth-order valence-electron chi connectivity index (χ4n) is 7.26. The molecule has 292 valence electrons. The Bertz CT molecular complexity index is 2190. The molecular weight excluding hydrogens is 735 g/mol. The number of carbonyl (C=O) groups is 1. The molecule has 0 saturated carbocycles. The van der Waals surface area contributed by atoms with E-state index in [1.807, 2.05) is 60.7 Å². The average molecular weight is 775 g/mol. The maximum Gasteiger partial charge on any atom is 0.257 e. The number of halogens is 5. The van der Waals surface area contributed by atoms with Gasteiger partial charge in [-0.15, -0.1) is 0 Å². The van der Waals surface area contributed by atoms with Crippen LogP contribution in [0.5, 0.6) is 11.5 Å². The second-order valence-corrected chi connectivity index (χ2v) is 13.7. The zero-order chi connectivity index (χ0) is 39.5.